The van der Waals surface area contributed by atoms with E-state index in [1.165, 1.54) is 6.07 Å². The van der Waals surface area contributed by atoms with Crippen molar-refractivity contribution in [3.8, 4) is 0 Å². The average molecular weight is 330 g/mol. The highest BCUT2D eigenvalue weighted by molar-refractivity contribution is 8.13. The van der Waals surface area contributed by atoms with E-state index in [0.717, 1.165) is 32.4 Å². The maximum Gasteiger partial charge on any atom is 0.261 e. The van der Waals surface area contributed by atoms with Crippen molar-refractivity contribution in [1.82, 2.24) is 4.90 Å². The van der Waals surface area contributed by atoms with Gasteiger partial charge in [-0.05, 0) is 43.4 Å². The van der Waals surface area contributed by atoms with Crippen LogP contribution in [-0.2, 0) is 9.05 Å². The van der Waals surface area contributed by atoms with E-state index < -0.39 is 9.05 Å². The van der Waals surface area contributed by atoms with E-state index in [1.807, 2.05) is 0 Å². The lowest BCUT2D eigenvalue weighted by Gasteiger charge is -2.17. The minimum Gasteiger partial charge on any atom is -0.338 e. The van der Waals surface area contributed by atoms with Gasteiger partial charge in [0, 0.05) is 29.3 Å². The molecule has 0 aliphatic carbocycles. The smallest absolute Gasteiger partial charge is 0.261 e. The van der Waals surface area contributed by atoms with Crippen LogP contribution in [0.4, 0.5) is 0 Å². The van der Waals surface area contributed by atoms with Crippen molar-refractivity contribution in [3.63, 3.8) is 0 Å². The van der Waals surface area contributed by atoms with Crippen LogP contribution in [0.15, 0.2) is 23.1 Å². The second-order valence-electron chi connectivity index (χ2n) is 5.61. The van der Waals surface area contributed by atoms with Gasteiger partial charge in [0.2, 0.25) is 0 Å². The minimum absolute atomic E-state index is 0.0133. The number of carbonyl (C=O) groups excluding carboxylic acids is 1. The summed E-state index contributed by atoms with van der Waals surface area (Å²) in [6.07, 6.45) is 3.26. The number of likely N-dealkylation sites (tertiary alicyclic amines) is 1. The molecule has 1 unspecified atom stereocenters. The largest absolute Gasteiger partial charge is 0.338 e. The fraction of sp³-hybridized carbons (Fsp3) is 0.533. The Morgan fingerprint density at radius 3 is 2.76 bits per heavy atom. The quantitative estimate of drug-likeness (QED) is 0.797. The minimum atomic E-state index is -3.83. The lowest BCUT2D eigenvalue weighted by atomic mass is 10.0. The summed E-state index contributed by atoms with van der Waals surface area (Å²) in [4.78, 5) is 14.3. The molecule has 0 aromatic heterocycles. The second-order valence-corrected chi connectivity index (χ2v) is 8.15. The van der Waals surface area contributed by atoms with Crippen molar-refractivity contribution in [2.45, 2.75) is 38.0 Å². The van der Waals surface area contributed by atoms with E-state index in [4.69, 9.17) is 10.7 Å². The number of benzene rings is 1. The lowest BCUT2D eigenvalue weighted by molar-refractivity contribution is 0.0786. The molecule has 1 atom stereocenters. The highest BCUT2D eigenvalue weighted by atomic mass is 35.7. The number of hydrogen-bond donors (Lipinski definition) is 0. The van der Waals surface area contributed by atoms with E-state index in [9.17, 15) is 13.2 Å². The van der Waals surface area contributed by atoms with Crippen molar-refractivity contribution in [3.05, 3.63) is 29.3 Å². The van der Waals surface area contributed by atoms with Gasteiger partial charge in [-0.3, -0.25) is 4.79 Å². The molecule has 0 bridgehead atoms. The van der Waals surface area contributed by atoms with E-state index in [1.54, 1.807) is 24.0 Å². The fourth-order valence-corrected chi connectivity index (χ4v) is 4.06. The van der Waals surface area contributed by atoms with Gasteiger partial charge >= 0.3 is 0 Å². The number of nitrogens with zero attached hydrogens (tertiary/aromatic N) is 1. The van der Waals surface area contributed by atoms with Gasteiger partial charge in [-0.1, -0.05) is 19.4 Å². The summed E-state index contributed by atoms with van der Waals surface area (Å²) in [5.74, 6) is 0.441. The summed E-state index contributed by atoms with van der Waals surface area (Å²) in [5, 5.41) is 0. The number of rotatable bonds is 4. The lowest BCUT2D eigenvalue weighted by Crippen LogP contribution is -2.28. The predicted octanol–water partition coefficient (Wildman–Crippen LogP) is 3.18. The molecule has 1 heterocycles. The van der Waals surface area contributed by atoms with E-state index in [-0.39, 0.29) is 10.8 Å². The zero-order valence-electron chi connectivity index (χ0n) is 12.3. The molecule has 1 aromatic rings. The molecule has 6 heteroatoms. The molecule has 0 spiro atoms. The molecular weight excluding hydrogens is 310 g/mol. The van der Waals surface area contributed by atoms with Crippen molar-refractivity contribution in [2.24, 2.45) is 5.92 Å². The first-order chi connectivity index (χ1) is 9.82. The predicted molar refractivity (Wildman–Crippen MR) is 83.1 cm³/mol. The molecule has 1 aliphatic heterocycles. The Labute approximate surface area is 130 Å². The van der Waals surface area contributed by atoms with E-state index in [2.05, 4.69) is 6.92 Å². The Morgan fingerprint density at radius 2 is 2.14 bits per heavy atom. The van der Waals surface area contributed by atoms with Gasteiger partial charge in [-0.2, -0.15) is 0 Å². The first kappa shape index (κ1) is 16.3. The molecule has 116 valence electrons. The molecular formula is C15H20ClNO3S. The molecule has 1 amide bonds. The standard InChI is InChI=1S/C15H20ClNO3S/c1-3-4-12-7-8-17(10-12)15(18)13-6-5-11(2)14(9-13)21(16,19)20/h5-6,9,12H,3-4,7-8,10H2,1-2H3. The third-order valence-corrected chi connectivity index (χ3v) is 5.43. The summed E-state index contributed by atoms with van der Waals surface area (Å²) in [5.41, 5.74) is 0.934. The fourth-order valence-electron chi connectivity index (χ4n) is 2.84. The van der Waals surface area contributed by atoms with Gasteiger partial charge < -0.3 is 4.90 Å². The Morgan fingerprint density at radius 1 is 1.43 bits per heavy atom. The molecule has 1 aliphatic rings. The van der Waals surface area contributed by atoms with Gasteiger partial charge in [0.05, 0.1) is 4.90 Å². The molecule has 0 saturated carbocycles. The zero-order valence-corrected chi connectivity index (χ0v) is 13.9. The molecule has 4 nitrogen and oxygen atoms in total. The van der Waals surface area contributed by atoms with E-state index >= 15 is 0 Å². The summed E-state index contributed by atoms with van der Waals surface area (Å²) < 4.78 is 23.1. The second kappa shape index (κ2) is 6.36. The maximum absolute atomic E-state index is 12.5. The number of aryl methyl sites for hydroxylation is 1. The Kier molecular flexibility index (Phi) is 4.94. The zero-order chi connectivity index (χ0) is 15.6. The van der Waals surface area contributed by atoms with Crippen LogP contribution in [0.2, 0.25) is 0 Å². The first-order valence-corrected chi connectivity index (χ1v) is 9.48. The molecule has 21 heavy (non-hydrogen) atoms. The van der Waals surface area contributed by atoms with Gasteiger partial charge in [0.15, 0.2) is 0 Å². The van der Waals surface area contributed by atoms with Gasteiger partial charge in [-0.25, -0.2) is 8.42 Å². The molecule has 0 N–H and O–H groups in total. The first-order valence-electron chi connectivity index (χ1n) is 7.17. The SMILES string of the molecule is CCCC1CCN(C(=O)c2ccc(C)c(S(=O)(=O)Cl)c2)C1. The Bertz CT molecular complexity index is 642. The normalized spacial score (nSPS) is 19.0. The van der Waals surface area contributed by atoms with Crippen molar-refractivity contribution >= 4 is 25.6 Å². The molecule has 1 saturated heterocycles. The third-order valence-electron chi connectivity index (χ3n) is 3.97. The topological polar surface area (TPSA) is 54.5 Å². The van der Waals surface area contributed by atoms with Crippen LogP contribution in [0.5, 0.6) is 0 Å². The van der Waals surface area contributed by atoms with Crippen LogP contribution in [0.25, 0.3) is 0 Å². The third kappa shape index (κ3) is 3.77. The van der Waals surface area contributed by atoms with Crippen molar-refractivity contribution in [1.29, 1.82) is 0 Å². The monoisotopic (exact) mass is 329 g/mol. The van der Waals surface area contributed by atoms with Crippen LogP contribution in [0.3, 0.4) is 0 Å². The summed E-state index contributed by atoms with van der Waals surface area (Å²) >= 11 is 0. The molecule has 1 aromatic carbocycles. The molecule has 0 radical (unpaired) electrons. The summed E-state index contributed by atoms with van der Waals surface area (Å²) in [6, 6.07) is 4.67. The number of amides is 1. The van der Waals surface area contributed by atoms with Crippen molar-refractivity contribution < 1.29 is 13.2 Å². The highest BCUT2D eigenvalue weighted by Crippen LogP contribution is 2.25. The number of halogens is 1. The molecule has 2 rings (SSSR count). The Hall–Kier alpha value is -1.07. The van der Waals surface area contributed by atoms with Crippen LogP contribution in [0.1, 0.15) is 42.1 Å². The summed E-state index contributed by atoms with van der Waals surface area (Å²) in [6.45, 7) is 5.29. The summed E-state index contributed by atoms with van der Waals surface area (Å²) in [7, 11) is 1.58. The van der Waals surface area contributed by atoms with Crippen LogP contribution >= 0.6 is 10.7 Å². The van der Waals surface area contributed by atoms with Crippen molar-refractivity contribution in [2.75, 3.05) is 13.1 Å². The number of hydrogen-bond acceptors (Lipinski definition) is 3. The van der Waals surface area contributed by atoms with Gasteiger partial charge in [0.25, 0.3) is 15.0 Å². The van der Waals surface area contributed by atoms with E-state index in [0.29, 0.717) is 17.0 Å². The van der Waals surface area contributed by atoms with Gasteiger partial charge in [0.1, 0.15) is 0 Å². The highest BCUT2D eigenvalue weighted by Gasteiger charge is 2.27. The van der Waals surface area contributed by atoms with Crippen LogP contribution in [0, 0.1) is 12.8 Å². The van der Waals surface area contributed by atoms with Crippen LogP contribution in [-0.4, -0.2) is 32.3 Å². The number of carbonyl (C=O) groups is 1. The average Bonchev–Trinajstić information content (AvgIpc) is 2.86. The molecule has 1 fully saturated rings. The maximum atomic E-state index is 12.5. The van der Waals surface area contributed by atoms with Crippen LogP contribution < -0.4 is 0 Å². The Balaban J connectivity index is 2.21. The van der Waals surface area contributed by atoms with Gasteiger partial charge in [-0.15, -0.1) is 0 Å².